The van der Waals surface area contributed by atoms with Crippen molar-refractivity contribution >= 4 is 13.6 Å². The Morgan fingerprint density at radius 3 is 2.53 bits per heavy atom. The van der Waals surface area contributed by atoms with E-state index in [1.165, 1.54) is 12.3 Å². The number of carboxylic acid groups (broad SMARTS) is 1. The molecule has 0 saturated carbocycles. The molecule has 1 aromatic heterocycles. The van der Waals surface area contributed by atoms with Gasteiger partial charge >= 0.3 is 13.6 Å². The molecule has 0 aliphatic rings. The molecule has 0 aromatic carbocycles. The van der Waals surface area contributed by atoms with Gasteiger partial charge in [0.05, 0.1) is 0 Å². The maximum Gasteiger partial charge on any atom is 0.340 e. The van der Waals surface area contributed by atoms with Gasteiger partial charge in [-0.2, -0.15) is 0 Å². The Bertz CT molecular complexity index is 387. The topological polar surface area (TPSA) is 108 Å². The minimum absolute atomic E-state index is 0.277. The summed E-state index contributed by atoms with van der Waals surface area (Å²) in [6.07, 6.45) is 1.16. The van der Waals surface area contributed by atoms with Crippen molar-refractivity contribution < 1.29 is 24.3 Å². The van der Waals surface area contributed by atoms with Gasteiger partial charge in [-0.3, -0.25) is 14.3 Å². The zero-order valence-corrected chi connectivity index (χ0v) is 8.54. The van der Waals surface area contributed by atoms with Gasteiger partial charge in [-0.15, -0.1) is 0 Å². The summed E-state index contributed by atoms with van der Waals surface area (Å²) in [5.41, 5.74) is -1.39. The van der Waals surface area contributed by atoms with E-state index in [-0.39, 0.29) is 6.42 Å². The van der Waals surface area contributed by atoms with Gasteiger partial charge in [0.25, 0.3) is 0 Å². The fourth-order valence-corrected chi connectivity index (χ4v) is 1.78. The number of aliphatic carboxylic acids is 1. The van der Waals surface area contributed by atoms with E-state index in [4.69, 9.17) is 14.9 Å². The SMILES string of the molecule is O=C(O)C(Cc1ccccn1)P(=O)(O)O. The summed E-state index contributed by atoms with van der Waals surface area (Å²) < 4.78 is 10.9. The minimum atomic E-state index is -4.64. The number of pyridine rings is 1. The Morgan fingerprint density at radius 2 is 2.13 bits per heavy atom. The van der Waals surface area contributed by atoms with Crippen molar-refractivity contribution in [3.8, 4) is 0 Å². The van der Waals surface area contributed by atoms with Crippen molar-refractivity contribution in [1.29, 1.82) is 0 Å². The molecule has 0 bridgehead atoms. The third-order valence-corrected chi connectivity index (χ3v) is 3.04. The molecule has 15 heavy (non-hydrogen) atoms. The molecule has 7 heteroatoms. The molecule has 6 nitrogen and oxygen atoms in total. The third-order valence-electron chi connectivity index (χ3n) is 1.82. The molecule has 0 aliphatic heterocycles. The normalized spacial score (nSPS) is 13.5. The zero-order valence-electron chi connectivity index (χ0n) is 7.65. The quantitative estimate of drug-likeness (QED) is 0.641. The predicted octanol–water partition coefficient (Wildman–Crippen LogP) is 0.255. The van der Waals surface area contributed by atoms with Gasteiger partial charge < -0.3 is 14.9 Å². The molecule has 0 spiro atoms. The van der Waals surface area contributed by atoms with Crippen LogP contribution < -0.4 is 0 Å². The van der Waals surface area contributed by atoms with Gasteiger partial charge in [-0.05, 0) is 12.1 Å². The monoisotopic (exact) mass is 231 g/mol. The highest BCUT2D eigenvalue weighted by Gasteiger charge is 2.35. The number of hydrogen-bond donors (Lipinski definition) is 3. The highest BCUT2D eigenvalue weighted by molar-refractivity contribution is 7.53. The van der Waals surface area contributed by atoms with Gasteiger partial charge in [-0.25, -0.2) is 0 Å². The van der Waals surface area contributed by atoms with Crippen LogP contribution in [0.1, 0.15) is 5.69 Å². The van der Waals surface area contributed by atoms with Gasteiger partial charge in [0.1, 0.15) is 0 Å². The van der Waals surface area contributed by atoms with Crippen molar-refractivity contribution in [3.05, 3.63) is 30.1 Å². The number of rotatable bonds is 4. The van der Waals surface area contributed by atoms with Crippen LogP contribution in [0.15, 0.2) is 24.4 Å². The van der Waals surface area contributed by atoms with E-state index in [2.05, 4.69) is 4.98 Å². The van der Waals surface area contributed by atoms with Crippen LogP contribution in [0.25, 0.3) is 0 Å². The highest BCUT2D eigenvalue weighted by atomic mass is 31.2. The smallest absolute Gasteiger partial charge is 0.340 e. The second kappa shape index (κ2) is 4.53. The second-order valence-corrected chi connectivity index (χ2v) is 4.77. The van der Waals surface area contributed by atoms with E-state index in [9.17, 15) is 9.36 Å². The first-order valence-corrected chi connectivity index (χ1v) is 5.77. The molecule has 1 rings (SSSR count). The first-order valence-electron chi connectivity index (χ1n) is 4.09. The Labute approximate surface area is 85.8 Å². The minimum Gasteiger partial charge on any atom is -0.481 e. The maximum absolute atomic E-state index is 10.9. The molecule has 1 aromatic rings. The van der Waals surface area contributed by atoms with Crippen LogP contribution in [-0.4, -0.2) is 31.5 Å². The average Bonchev–Trinajstić information content (AvgIpc) is 2.13. The number of aromatic nitrogens is 1. The third kappa shape index (κ3) is 3.43. The molecule has 0 aliphatic carbocycles. The average molecular weight is 231 g/mol. The first kappa shape index (κ1) is 11.8. The standard InChI is InChI=1S/C8H10NO5P/c10-8(11)7(15(12,13)14)5-6-3-1-2-4-9-6/h1-4,7H,5H2,(H,10,11)(H2,12,13,14). The molecule has 1 heterocycles. The maximum atomic E-state index is 10.9. The van der Waals surface area contributed by atoms with Crippen molar-refractivity contribution in [2.45, 2.75) is 12.1 Å². The van der Waals surface area contributed by atoms with Crippen LogP contribution >= 0.6 is 7.60 Å². The number of nitrogens with zero attached hydrogens (tertiary/aromatic N) is 1. The van der Waals surface area contributed by atoms with Gasteiger partial charge in [0.15, 0.2) is 5.66 Å². The summed E-state index contributed by atoms with van der Waals surface area (Å²) in [5, 5.41) is 8.65. The Morgan fingerprint density at radius 1 is 1.47 bits per heavy atom. The molecule has 1 atom stereocenters. The molecule has 1 unspecified atom stereocenters. The van der Waals surface area contributed by atoms with E-state index in [0.717, 1.165) is 0 Å². The van der Waals surface area contributed by atoms with Crippen molar-refractivity contribution in [2.75, 3.05) is 0 Å². The Hall–Kier alpha value is -1.23. The summed E-state index contributed by atoms with van der Waals surface area (Å²) >= 11 is 0. The van der Waals surface area contributed by atoms with Crippen molar-refractivity contribution in [3.63, 3.8) is 0 Å². The second-order valence-electron chi connectivity index (χ2n) is 2.97. The van der Waals surface area contributed by atoms with Gasteiger partial charge in [0.2, 0.25) is 0 Å². The summed E-state index contributed by atoms with van der Waals surface area (Å²) in [4.78, 5) is 32.1. The molecule has 0 saturated heterocycles. The summed E-state index contributed by atoms with van der Waals surface area (Å²) in [7, 11) is -4.64. The van der Waals surface area contributed by atoms with E-state index in [1.807, 2.05) is 0 Å². The molecule has 0 amide bonds. The fourth-order valence-electron chi connectivity index (χ4n) is 1.07. The number of carbonyl (C=O) groups is 1. The van der Waals surface area contributed by atoms with Crippen molar-refractivity contribution in [1.82, 2.24) is 4.98 Å². The number of carboxylic acids is 1. The van der Waals surface area contributed by atoms with Gasteiger partial charge in [-0.1, -0.05) is 6.07 Å². The van der Waals surface area contributed by atoms with E-state index in [0.29, 0.717) is 5.69 Å². The fraction of sp³-hybridized carbons (Fsp3) is 0.250. The van der Waals surface area contributed by atoms with E-state index < -0.39 is 19.2 Å². The van der Waals surface area contributed by atoms with Crippen LogP contribution in [0.5, 0.6) is 0 Å². The molecule has 3 N–H and O–H groups in total. The summed E-state index contributed by atoms with van der Waals surface area (Å²) in [6, 6.07) is 4.78. The lowest BCUT2D eigenvalue weighted by atomic mass is 10.2. The van der Waals surface area contributed by atoms with Crippen LogP contribution in [0, 0.1) is 0 Å². The van der Waals surface area contributed by atoms with Crippen LogP contribution in [0.2, 0.25) is 0 Å². The molecular formula is C8H10NO5P. The highest BCUT2D eigenvalue weighted by Crippen LogP contribution is 2.42. The Kier molecular flexibility index (Phi) is 3.57. The summed E-state index contributed by atoms with van der Waals surface area (Å²) in [6.45, 7) is 0. The lowest BCUT2D eigenvalue weighted by Gasteiger charge is -2.12. The number of hydrogen-bond acceptors (Lipinski definition) is 3. The first-order chi connectivity index (χ1) is 6.91. The lowest BCUT2D eigenvalue weighted by Crippen LogP contribution is -2.23. The van der Waals surface area contributed by atoms with E-state index in [1.54, 1.807) is 12.1 Å². The van der Waals surface area contributed by atoms with Crippen molar-refractivity contribution in [2.24, 2.45) is 0 Å². The van der Waals surface area contributed by atoms with Crippen LogP contribution in [0.4, 0.5) is 0 Å². The zero-order chi connectivity index (χ0) is 11.5. The summed E-state index contributed by atoms with van der Waals surface area (Å²) in [5.74, 6) is -1.52. The molecule has 0 radical (unpaired) electrons. The largest absolute Gasteiger partial charge is 0.481 e. The van der Waals surface area contributed by atoms with Gasteiger partial charge in [0, 0.05) is 18.3 Å². The van der Waals surface area contributed by atoms with Crippen LogP contribution in [-0.2, 0) is 15.8 Å². The Balaban J connectivity index is 2.86. The van der Waals surface area contributed by atoms with Crippen LogP contribution in [0.3, 0.4) is 0 Å². The molecule has 0 fully saturated rings. The molecular weight excluding hydrogens is 221 g/mol. The van der Waals surface area contributed by atoms with E-state index >= 15 is 0 Å². The predicted molar refractivity (Wildman–Crippen MR) is 51.4 cm³/mol. The molecule has 82 valence electrons. The lowest BCUT2D eigenvalue weighted by molar-refractivity contribution is -0.136.